The predicted octanol–water partition coefficient (Wildman–Crippen LogP) is 3.27. The maximum atomic E-state index is 12.4. The van der Waals surface area contributed by atoms with Crippen LogP contribution >= 0.6 is 0 Å². The van der Waals surface area contributed by atoms with Crippen LogP contribution in [-0.2, 0) is 9.53 Å². The largest absolute Gasteiger partial charge is 0.467 e. The number of ether oxygens (including phenoxy) is 1. The second-order valence-electron chi connectivity index (χ2n) is 7.62. The average molecular weight is 371 g/mol. The Morgan fingerprint density at radius 1 is 1.23 bits per heavy atom. The van der Waals surface area contributed by atoms with E-state index in [2.05, 4.69) is 50.6 Å². The molecule has 0 spiro atoms. The van der Waals surface area contributed by atoms with Crippen LogP contribution < -0.4 is 5.32 Å². The molecule has 1 atom stereocenters. The SMILES string of the molecule is COC(=O)[C@H](CC#C[Si](C)(C)C(C)(C)C)NC(=O)c1ccc(C#N)cc1. The molecule has 0 aliphatic heterocycles. The molecule has 138 valence electrons. The van der Waals surface area contributed by atoms with Gasteiger partial charge >= 0.3 is 5.97 Å². The van der Waals surface area contributed by atoms with Gasteiger partial charge in [-0.1, -0.05) is 33.9 Å². The summed E-state index contributed by atoms with van der Waals surface area (Å²) < 4.78 is 4.78. The van der Waals surface area contributed by atoms with E-state index in [-0.39, 0.29) is 11.5 Å². The Morgan fingerprint density at radius 3 is 2.27 bits per heavy atom. The second kappa shape index (κ2) is 8.69. The van der Waals surface area contributed by atoms with E-state index >= 15 is 0 Å². The van der Waals surface area contributed by atoms with Crippen molar-refractivity contribution in [1.82, 2.24) is 5.32 Å². The van der Waals surface area contributed by atoms with Crippen molar-refractivity contribution >= 4 is 20.0 Å². The zero-order chi connectivity index (χ0) is 20.0. The highest BCUT2D eigenvalue weighted by Crippen LogP contribution is 2.35. The number of amides is 1. The number of benzene rings is 1. The van der Waals surface area contributed by atoms with Crippen molar-refractivity contribution in [2.24, 2.45) is 0 Å². The smallest absolute Gasteiger partial charge is 0.329 e. The lowest BCUT2D eigenvalue weighted by Gasteiger charge is -2.31. The summed E-state index contributed by atoms with van der Waals surface area (Å²) in [6, 6.07) is 7.36. The molecule has 5 nitrogen and oxygen atoms in total. The molecular formula is C20H26N2O3Si. The Labute approximate surface area is 156 Å². The fourth-order valence-corrected chi connectivity index (χ4v) is 2.75. The zero-order valence-electron chi connectivity index (χ0n) is 16.3. The van der Waals surface area contributed by atoms with Crippen LogP contribution in [0.4, 0.5) is 0 Å². The summed E-state index contributed by atoms with van der Waals surface area (Å²) in [6.45, 7) is 10.9. The van der Waals surface area contributed by atoms with E-state index in [0.29, 0.717) is 11.1 Å². The van der Waals surface area contributed by atoms with Gasteiger partial charge in [-0.15, -0.1) is 11.5 Å². The highest BCUT2D eigenvalue weighted by atomic mass is 28.3. The quantitative estimate of drug-likeness (QED) is 0.501. The molecule has 1 aromatic rings. The molecule has 0 unspecified atom stereocenters. The van der Waals surface area contributed by atoms with Crippen molar-refractivity contribution in [3.63, 3.8) is 0 Å². The second-order valence-corrected chi connectivity index (χ2v) is 12.6. The first-order valence-corrected chi connectivity index (χ1v) is 11.4. The van der Waals surface area contributed by atoms with Gasteiger partial charge in [0.25, 0.3) is 5.91 Å². The Balaban J connectivity index is 2.90. The molecule has 0 heterocycles. The molecule has 1 aromatic carbocycles. The first-order valence-electron chi connectivity index (χ1n) is 8.40. The van der Waals surface area contributed by atoms with E-state index in [1.807, 2.05) is 6.07 Å². The van der Waals surface area contributed by atoms with E-state index in [0.717, 1.165) is 0 Å². The van der Waals surface area contributed by atoms with Crippen molar-refractivity contribution in [1.29, 1.82) is 5.26 Å². The lowest BCUT2D eigenvalue weighted by molar-refractivity contribution is -0.142. The van der Waals surface area contributed by atoms with Crippen molar-refractivity contribution in [3.8, 4) is 17.5 Å². The maximum absolute atomic E-state index is 12.4. The van der Waals surface area contributed by atoms with Gasteiger partial charge in [-0.2, -0.15) is 5.26 Å². The first kappa shape index (κ1) is 21.5. The molecule has 0 aromatic heterocycles. The number of methoxy groups -OCH3 is 1. The number of nitrogens with zero attached hydrogens (tertiary/aromatic N) is 1. The van der Waals surface area contributed by atoms with Gasteiger partial charge in [0, 0.05) is 12.0 Å². The zero-order valence-corrected chi connectivity index (χ0v) is 17.3. The summed E-state index contributed by atoms with van der Waals surface area (Å²) in [6.07, 6.45) is 0.196. The van der Waals surface area contributed by atoms with Crippen LogP contribution in [0, 0.1) is 22.8 Å². The molecule has 0 aliphatic rings. The third-order valence-electron chi connectivity index (χ3n) is 4.65. The summed E-state index contributed by atoms with van der Waals surface area (Å²) in [5.74, 6) is 2.14. The molecule has 0 radical (unpaired) electrons. The number of hydrogen-bond donors (Lipinski definition) is 1. The van der Waals surface area contributed by atoms with E-state index in [1.54, 1.807) is 24.3 Å². The van der Waals surface area contributed by atoms with Gasteiger partial charge < -0.3 is 10.1 Å². The molecule has 26 heavy (non-hydrogen) atoms. The van der Waals surface area contributed by atoms with Crippen LogP contribution in [0.15, 0.2) is 24.3 Å². The molecule has 6 heteroatoms. The molecular weight excluding hydrogens is 344 g/mol. The average Bonchev–Trinajstić information content (AvgIpc) is 2.59. The lowest BCUT2D eigenvalue weighted by atomic mass is 10.1. The number of carbonyl (C=O) groups is 2. The normalized spacial score (nSPS) is 12.2. The predicted molar refractivity (Wildman–Crippen MR) is 104 cm³/mol. The van der Waals surface area contributed by atoms with Crippen LogP contribution in [0.2, 0.25) is 18.1 Å². The summed E-state index contributed by atoms with van der Waals surface area (Å²) in [4.78, 5) is 24.3. The minimum absolute atomic E-state index is 0.118. The number of nitriles is 1. The van der Waals surface area contributed by atoms with E-state index in [1.165, 1.54) is 7.11 Å². The Kier molecular flexibility index (Phi) is 7.17. The topological polar surface area (TPSA) is 79.2 Å². The molecule has 1 rings (SSSR count). The van der Waals surface area contributed by atoms with Gasteiger partial charge in [-0.3, -0.25) is 4.79 Å². The van der Waals surface area contributed by atoms with Gasteiger partial charge in [0.15, 0.2) is 0 Å². The number of hydrogen-bond acceptors (Lipinski definition) is 4. The van der Waals surface area contributed by atoms with Crippen LogP contribution in [0.1, 0.15) is 43.1 Å². The molecule has 1 amide bonds. The van der Waals surface area contributed by atoms with Crippen LogP contribution in [0.3, 0.4) is 0 Å². The fourth-order valence-electron chi connectivity index (χ4n) is 1.83. The molecule has 0 bridgehead atoms. The number of nitrogens with one attached hydrogen (secondary N) is 1. The Bertz CT molecular complexity index is 759. The minimum Gasteiger partial charge on any atom is -0.467 e. The maximum Gasteiger partial charge on any atom is 0.329 e. The van der Waals surface area contributed by atoms with Crippen LogP contribution in [0.25, 0.3) is 0 Å². The molecule has 1 N–H and O–H groups in total. The van der Waals surface area contributed by atoms with Crippen LogP contribution in [0.5, 0.6) is 0 Å². The minimum atomic E-state index is -1.79. The fraction of sp³-hybridized carbons (Fsp3) is 0.450. The lowest BCUT2D eigenvalue weighted by Crippen LogP contribution is -2.41. The molecule has 0 aliphatic carbocycles. The van der Waals surface area contributed by atoms with Gasteiger partial charge in [0.2, 0.25) is 0 Å². The third-order valence-corrected chi connectivity index (χ3v) is 9.20. The van der Waals surface area contributed by atoms with Gasteiger partial charge in [0.05, 0.1) is 18.7 Å². The third kappa shape index (κ3) is 5.75. The van der Waals surface area contributed by atoms with E-state index < -0.39 is 26.0 Å². The summed E-state index contributed by atoms with van der Waals surface area (Å²) >= 11 is 0. The van der Waals surface area contributed by atoms with Crippen LogP contribution in [-0.4, -0.2) is 33.1 Å². The molecule has 0 saturated heterocycles. The standard InChI is InChI=1S/C20H26N2O3Si/c1-20(2,3)26(5,6)13-7-8-17(19(24)25-4)22-18(23)16-11-9-15(14-21)10-12-16/h9-12,17H,8H2,1-6H3,(H,22,23)/t17-/m0/s1. The van der Waals surface area contributed by atoms with Crippen molar-refractivity contribution in [3.05, 3.63) is 35.4 Å². The monoisotopic (exact) mass is 370 g/mol. The van der Waals surface area contributed by atoms with E-state index in [9.17, 15) is 9.59 Å². The highest BCUT2D eigenvalue weighted by Gasteiger charge is 2.33. The summed E-state index contributed by atoms with van der Waals surface area (Å²) in [5, 5.41) is 11.6. The first-order chi connectivity index (χ1) is 12.0. The number of esters is 1. The molecule has 0 saturated carbocycles. The van der Waals surface area contributed by atoms with Crippen molar-refractivity contribution < 1.29 is 14.3 Å². The van der Waals surface area contributed by atoms with Crippen molar-refractivity contribution in [2.75, 3.05) is 7.11 Å². The summed E-state index contributed by atoms with van der Waals surface area (Å²) in [5.41, 5.74) is 4.17. The summed E-state index contributed by atoms with van der Waals surface area (Å²) in [7, 11) is -0.505. The molecule has 0 fully saturated rings. The Morgan fingerprint density at radius 2 is 1.81 bits per heavy atom. The highest BCUT2D eigenvalue weighted by molar-refractivity contribution is 6.87. The van der Waals surface area contributed by atoms with Gasteiger partial charge in [-0.25, -0.2) is 4.79 Å². The van der Waals surface area contributed by atoms with Crippen molar-refractivity contribution in [2.45, 2.75) is 51.4 Å². The van der Waals surface area contributed by atoms with Gasteiger partial charge in [-0.05, 0) is 29.3 Å². The number of rotatable bonds is 4. The van der Waals surface area contributed by atoms with E-state index in [4.69, 9.17) is 10.00 Å². The van der Waals surface area contributed by atoms with Gasteiger partial charge in [0.1, 0.15) is 14.1 Å². The number of carbonyl (C=O) groups excluding carboxylic acids is 2. The Hall–Kier alpha value is -2.57.